The first-order valence-electron chi connectivity index (χ1n) is 8.13. The van der Waals surface area contributed by atoms with Gasteiger partial charge in [-0.3, -0.25) is 9.80 Å². The maximum Gasteiger partial charge on any atom is 0.0248 e. The molecule has 2 heterocycles. The molecule has 0 aliphatic carbocycles. The third kappa shape index (κ3) is 3.50. The molecule has 2 unspecified atom stereocenters. The van der Waals surface area contributed by atoms with Crippen molar-refractivity contribution in [1.82, 2.24) is 9.80 Å². The monoisotopic (exact) mass is 351 g/mol. The number of nitrogens with zero attached hydrogens (tertiary/aromatic N) is 2. The molecule has 21 heavy (non-hydrogen) atoms. The highest BCUT2D eigenvalue weighted by molar-refractivity contribution is 9.10. The molecular weight excluding hydrogens is 326 g/mol. The molecule has 1 aromatic carbocycles. The fourth-order valence-corrected chi connectivity index (χ4v) is 4.25. The Morgan fingerprint density at radius 3 is 2.90 bits per heavy atom. The molecule has 0 radical (unpaired) electrons. The van der Waals surface area contributed by atoms with Gasteiger partial charge in [-0.2, -0.15) is 0 Å². The highest BCUT2D eigenvalue weighted by Crippen LogP contribution is 2.27. The standard InChI is InChI=1S/C17H26BrN3/c1-13-10-20-7-3-2-4-16(20)12-21(13)11-15-6-5-14(9-19)8-17(15)18/h5-6,8,13,16H,2-4,7,9-12,19H2,1H3. The van der Waals surface area contributed by atoms with Gasteiger partial charge in [0.2, 0.25) is 0 Å². The lowest BCUT2D eigenvalue weighted by molar-refractivity contribution is 0.0110. The summed E-state index contributed by atoms with van der Waals surface area (Å²) in [7, 11) is 0. The quantitative estimate of drug-likeness (QED) is 0.908. The van der Waals surface area contributed by atoms with Crippen molar-refractivity contribution in [3.05, 3.63) is 33.8 Å². The van der Waals surface area contributed by atoms with Crippen molar-refractivity contribution in [1.29, 1.82) is 0 Å². The van der Waals surface area contributed by atoms with Crippen LogP contribution in [0.4, 0.5) is 0 Å². The number of hydrogen-bond donors (Lipinski definition) is 1. The molecule has 1 aromatic rings. The smallest absolute Gasteiger partial charge is 0.0248 e. The summed E-state index contributed by atoms with van der Waals surface area (Å²) in [4.78, 5) is 5.35. The first-order chi connectivity index (χ1) is 10.2. The van der Waals surface area contributed by atoms with Crippen LogP contribution in [0.2, 0.25) is 0 Å². The zero-order chi connectivity index (χ0) is 14.8. The van der Waals surface area contributed by atoms with E-state index in [1.807, 2.05) is 0 Å². The average molecular weight is 352 g/mol. The van der Waals surface area contributed by atoms with Gasteiger partial charge < -0.3 is 5.73 Å². The summed E-state index contributed by atoms with van der Waals surface area (Å²) >= 11 is 3.71. The van der Waals surface area contributed by atoms with Crippen LogP contribution in [0.5, 0.6) is 0 Å². The third-order valence-electron chi connectivity index (χ3n) is 5.04. The van der Waals surface area contributed by atoms with E-state index < -0.39 is 0 Å². The van der Waals surface area contributed by atoms with Crippen LogP contribution >= 0.6 is 15.9 Å². The molecule has 3 rings (SSSR count). The Balaban J connectivity index is 1.69. The van der Waals surface area contributed by atoms with Crippen LogP contribution in [0, 0.1) is 0 Å². The number of nitrogens with two attached hydrogens (primary N) is 1. The topological polar surface area (TPSA) is 32.5 Å². The fraction of sp³-hybridized carbons (Fsp3) is 0.647. The zero-order valence-corrected chi connectivity index (χ0v) is 14.5. The Labute approximate surface area is 136 Å². The molecule has 4 heteroatoms. The van der Waals surface area contributed by atoms with Crippen molar-refractivity contribution in [2.24, 2.45) is 5.73 Å². The Morgan fingerprint density at radius 1 is 1.29 bits per heavy atom. The van der Waals surface area contributed by atoms with Crippen molar-refractivity contribution < 1.29 is 0 Å². The molecule has 2 fully saturated rings. The van der Waals surface area contributed by atoms with Crippen LogP contribution in [0.25, 0.3) is 0 Å². The molecule has 0 aromatic heterocycles. The lowest BCUT2D eigenvalue weighted by atomic mass is 9.96. The van der Waals surface area contributed by atoms with E-state index in [0.717, 1.165) is 12.6 Å². The summed E-state index contributed by atoms with van der Waals surface area (Å²) in [5.74, 6) is 0. The molecule has 0 amide bonds. The highest BCUT2D eigenvalue weighted by Gasteiger charge is 2.32. The lowest BCUT2D eigenvalue weighted by Crippen LogP contribution is -2.58. The van der Waals surface area contributed by atoms with Crippen molar-refractivity contribution in [3.63, 3.8) is 0 Å². The van der Waals surface area contributed by atoms with E-state index in [0.29, 0.717) is 12.6 Å². The molecular formula is C17H26BrN3. The average Bonchev–Trinajstić information content (AvgIpc) is 2.49. The van der Waals surface area contributed by atoms with E-state index in [2.05, 4.69) is 50.9 Å². The largest absolute Gasteiger partial charge is 0.326 e. The summed E-state index contributed by atoms with van der Waals surface area (Å²) in [6, 6.07) is 7.96. The van der Waals surface area contributed by atoms with Gasteiger partial charge in [0, 0.05) is 42.7 Å². The van der Waals surface area contributed by atoms with Crippen LogP contribution in [0.15, 0.2) is 22.7 Å². The van der Waals surface area contributed by atoms with Gasteiger partial charge in [0.25, 0.3) is 0 Å². The molecule has 2 N–H and O–H groups in total. The van der Waals surface area contributed by atoms with Gasteiger partial charge in [-0.25, -0.2) is 0 Å². The molecule has 2 atom stereocenters. The van der Waals surface area contributed by atoms with E-state index in [4.69, 9.17) is 5.73 Å². The Morgan fingerprint density at radius 2 is 2.14 bits per heavy atom. The molecule has 0 saturated carbocycles. The number of rotatable bonds is 3. The maximum atomic E-state index is 5.71. The van der Waals surface area contributed by atoms with E-state index in [-0.39, 0.29) is 0 Å². The molecule has 2 aliphatic rings. The van der Waals surface area contributed by atoms with Crippen LogP contribution in [0.1, 0.15) is 37.3 Å². The van der Waals surface area contributed by atoms with Gasteiger partial charge >= 0.3 is 0 Å². The minimum atomic E-state index is 0.607. The predicted octanol–water partition coefficient (Wildman–Crippen LogP) is 2.97. The SMILES string of the molecule is CC1CN2CCCCC2CN1Cc1ccc(CN)cc1Br. The Hall–Kier alpha value is -0.420. The van der Waals surface area contributed by atoms with Crippen molar-refractivity contribution in [2.75, 3.05) is 19.6 Å². The summed E-state index contributed by atoms with van der Waals surface area (Å²) < 4.78 is 1.20. The summed E-state index contributed by atoms with van der Waals surface area (Å²) in [6.45, 7) is 7.76. The van der Waals surface area contributed by atoms with Crippen LogP contribution in [0.3, 0.4) is 0 Å². The maximum absolute atomic E-state index is 5.71. The number of piperazine rings is 1. The minimum absolute atomic E-state index is 0.607. The first-order valence-corrected chi connectivity index (χ1v) is 8.92. The number of hydrogen-bond acceptors (Lipinski definition) is 3. The van der Waals surface area contributed by atoms with Gasteiger partial charge in [0.1, 0.15) is 0 Å². The van der Waals surface area contributed by atoms with Gasteiger partial charge in [0.15, 0.2) is 0 Å². The van der Waals surface area contributed by atoms with Gasteiger partial charge in [-0.1, -0.05) is 34.5 Å². The van der Waals surface area contributed by atoms with Gasteiger partial charge in [-0.05, 0) is 43.5 Å². The lowest BCUT2D eigenvalue weighted by Gasteiger charge is -2.47. The predicted molar refractivity (Wildman–Crippen MR) is 91.1 cm³/mol. The third-order valence-corrected chi connectivity index (χ3v) is 5.78. The number of benzene rings is 1. The van der Waals surface area contributed by atoms with Crippen LogP contribution in [-0.2, 0) is 13.1 Å². The van der Waals surface area contributed by atoms with E-state index >= 15 is 0 Å². The second kappa shape index (κ2) is 6.78. The van der Waals surface area contributed by atoms with Crippen molar-refractivity contribution in [3.8, 4) is 0 Å². The molecule has 3 nitrogen and oxygen atoms in total. The first kappa shape index (κ1) is 15.5. The number of fused-ring (bicyclic) bond motifs is 1. The summed E-state index contributed by atoms with van der Waals surface area (Å²) in [5.41, 5.74) is 8.28. The minimum Gasteiger partial charge on any atom is -0.326 e. The highest BCUT2D eigenvalue weighted by atomic mass is 79.9. The van der Waals surface area contributed by atoms with E-state index in [1.54, 1.807) is 0 Å². The molecule has 2 aliphatic heterocycles. The van der Waals surface area contributed by atoms with Gasteiger partial charge in [0.05, 0.1) is 0 Å². The second-order valence-electron chi connectivity index (χ2n) is 6.55. The number of piperidine rings is 1. The number of halogens is 1. The van der Waals surface area contributed by atoms with Crippen molar-refractivity contribution >= 4 is 15.9 Å². The summed E-state index contributed by atoms with van der Waals surface area (Å²) in [6.07, 6.45) is 4.16. The van der Waals surface area contributed by atoms with Crippen LogP contribution in [-0.4, -0.2) is 41.5 Å². The fourth-order valence-electron chi connectivity index (χ4n) is 3.70. The van der Waals surface area contributed by atoms with Crippen LogP contribution < -0.4 is 5.73 Å². The molecule has 116 valence electrons. The Kier molecular flexibility index (Phi) is 4.99. The molecule has 2 saturated heterocycles. The van der Waals surface area contributed by atoms with E-state index in [1.165, 1.54) is 54.5 Å². The second-order valence-corrected chi connectivity index (χ2v) is 7.41. The van der Waals surface area contributed by atoms with Gasteiger partial charge in [-0.15, -0.1) is 0 Å². The molecule has 0 bridgehead atoms. The zero-order valence-electron chi connectivity index (χ0n) is 12.9. The molecule has 0 spiro atoms. The van der Waals surface area contributed by atoms with E-state index in [9.17, 15) is 0 Å². The summed E-state index contributed by atoms with van der Waals surface area (Å²) in [5, 5.41) is 0. The normalized spacial score (nSPS) is 27.6. The van der Waals surface area contributed by atoms with Crippen molar-refractivity contribution in [2.45, 2.75) is 51.4 Å². The Bertz CT molecular complexity index is 491.